The zero-order chi connectivity index (χ0) is 18.7. The van der Waals surface area contributed by atoms with E-state index in [2.05, 4.69) is 49.1 Å². The molecule has 1 heterocycles. The highest BCUT2D eigenvalue weighted by Gasteiger charge is 2.21. The molecule has 138 valence electrons. The van der Waals surface area contributed by atoms with Gasteiger partial charge in [-0.1, -0.05) is 36.4 Å². The van der Waals surface area contributed by atoms with Gasteiger partial charge in [0.2, 0.25) is 5.91 Å². The zero-order valence-electron chi connectivity index (χ0n) is 16.2. The van der Waals surface area contributed by atoms with E-state index in [9.17, 15) is 4.79 Å². The van der Waals surface area contributed by atoms with Gasteiger partial charge in [0.1, 0.15) is 5.75 Å². The number of fused-ring (bicyclic) bond motifs is 1. The second kappa shape index (κ2) is 7.92. The smallest absolute Gasteiger partial charge is 0.237 e. The maximum absolute atomic E-state index is 12.7. The number of hydrogen-bond donors (Lipinski definition) is 0. The van der Waals surface area contributed by atoms with Crippen molar-refractivity contribution in [3.63, 3.8) is 0 Å². The molecule has 4 heteroatoms. The van der Waals surface area contributed by atoms with E-state index in [1.54, 1.807) is 7.11 Å². The first-order valence-corrected chi connectivity index (χ1v) is 9.15. The van der Waals surface area contributed by atoms with Crippen LogP contribution < -0.4 is 4.74 Å². The Hall–Kier alpha value is -2.33. The summed E-state index contributed by atoms with van der Waals surface area (Å²) >= 11 is 0. The van der Waals surface area contributed by atoms with Gasteiger partial charge in [0.15, 0.2) is 0 Å². The van der Waals surface area contributed by atoms with E-state index in [1.807, 2.05) is 18.0 Å². The number of benzene rings is 2. The van der Waals surface area contributed by atoms with Crippen LogP contribution in [0.5, 0.6) is 5.75 Å². The van der Waals surface area contributed by atoms with Crippen LogP contribution in [0.1, 0.15) is 27.8 Å². The SMILES string of the molecule is COc1c(C)cc(CN(C)CC(=O)N2CCc3ccccc3C2)cc1C. The van der Waals surface area contributed by atoms with Gasteiger partial charge in [0, 0.05) is 19.6 Å². The quantitative estimate of drug-likeness (QED) is 0.827. The molecule has 0 aromatic heterocycles. The maximum Gasteiger partial charge on any atom is 0.237 e. The molecule has 0 bridgehead atoms. The number of nitrogens with zero attached hydrogens (tertiary/aromatic N) is 2. The van der Waals surface area contributed by atoms with Gasteiger partial charge in [-0.15, -0.1) is 0 Å². The first-order valence-electron chi connectivity index (χ1n) is 9.15. The lowest BCUT2D eigenvalue weighted by molar-refractivity contribution is -0.133. The Labute approximate surface area is 156 Å². The average Bonchev–Trinajstić information content (AvgIpc) is 2.61. The van der Waals surface area contributed by atoms with Crippen LogP contribution in [0.15, 0.2) is 36.4 Å². The topological polar surface area (TPSA) is 32.8 Å². The molecule has 1 amide bonds. The number of likely N-dealkylation sites (N-methyl/N-ethyl adjacent to an activating group) is 1. The zero-order valence-corrected chi connectivity index (χ0v) is 16.2. The van der Waals surface area contributed by atoms with Gasteiger partial charge < -0.3 is 9.64 Å². The molecule has 0 aliphatic carbocycles. The lowest BCUT2D eigenvalue weighted by Crippen LogP contribution is -2.41. The summed E-state index contributed by atoms with van der Waals surface area (Å²) in [4.78, 5) is 16.8. The number of carbonyl (C=O) groups excluding carboxylic acids is 1. The van der Waals surface area contributed by atoms with Gasteiger partial charge in [-0.3, -0.25) is 9.69 Å². The van der Waals surface area contributed by atoms with Crippen LogP contribution in [0.25, 0.3) is 0 Å². The first kappa shape index (κ1) is 18.5. The molecule has 0 fully saturated rings. The molecule has 0 spiro atoms. The summed E-state index contributed by atoms with van der Waals surface area (Å²) in [5.41, 5.74) is 6.12. The molecule has 0 radical (unpaired) electrons. The number of carbonyl (C=O) groups is 1. The number of rotatable bonds is 5. The second-order valence-electron chi connectivity index (χ2n) is 7.27. The fourth-order valence-electron chi connectivity index (χ4n) is 3.86. The van der Waals surface area contributed by atoms with E-state index >= 15 is 0 Å². The Kier molecular flexibility index (Phi) is 5.62. The third kappa shape index (κ3) is 4.07. The largest absolute Gasteiger partial charge is 0.496 e. The molecule has 2 aromatic rings. The Bertz CT molecular complexity index is 777. The molecule has 0 unspecified atom stereocenters. The van der Waals surface area contributed by atoms with Crippen LogP contribution in [-0.4, -0.2) is 43.0 Å². The van der Waals surface area contributed by atoms with Crippen molar-refractivity contribution in [2.75, 3.05) is 27.2 Å². The van der Waals surface area contributed by atoms with Crippen LogP contribution in [0.3, 0.4) is 0 Å². The third-order valence-corrected chi connectivity index (χ3v) is 5.07. The molecule has 1 aliphatic rings. The Balaban J connectivity index is 1.60. The summed E-state index contributed by atoms with van der Waals surface area (Å²) in [5.74, 6) is 1.14. The van der Waals surface area contributed by atoms with Crippen molar-refractivity contribution in [3.05, 3.63) is 64.2 Å². The van der Waals surface area contributed by atoms with Crippen molar-refractivity contribution in [2.45, 2.75) is 33.4 Å². The van der Waals surface area contributed by atoms with Gasteiger partial charge in [-0.05, 0) is 55.1 Å². The van der Waals surface area contributed by atoms with Crippen LogP contribution >= 0.6 is 0 Å². The number of aryl methyl sites for hydroxylation is 2. The Morgan fingerprint density at radius 2 is 1.81 bits per heavy atom. The summed E-state index contributed by atoms with van der Waals surface area (Å²) in [6, 6.07) is 12.7. The highest BCUT2D eigenvalue weighted by Crippen LogP contribution is 2.25. The second-order valence-corrected chi connectivity index (χ2v) is 7.27. The Morgan fingerprint density at radius 1 is 1.15 bits per heavy atom. The van der Waals surface area contributed by atoms with E-state index in [4.69, 9.17) is 4.74 Å². The average molecular weight is 352 g/mol. The minimum Gasteiger partial charge on any atom is -0.496 e. The van der Waals surface area contributed by atoms with Gasteiger partial charge in [0.05, 0.1) is 13.7 Å². The molecule has 26 heavy (non-hydrogen) atoms. The van der Waals surface area contributed by atoms with Crippen molar-refractivity contribution in [3.8, 4) is 5.75 Å². The van der Waals surface area contributed by atoms with Gasteiger partial charge >= 0.3 is 0 Å². The van der Waals surface area contributed by atoms with Crippen LogP contribution in [0, 0.1) is 13.8 Å². The summed E-state index contributed by atoms with van der Waals surface area (Å²) in [6.07, 6.45) is 0.947. The molecule has 4 nitrogen and oxygen atoms in total. The molecular weight excluding hydrogens is 324 g/mol. The first-order chi connectivity index (χ1) is 12.5. The third-order valence-electron chi connectivity index (χ3n) is 5.07. The summed E-state index contributed by atoms with van der Waals surface area (Å²) < 4.78 is 5.43. The lowest BCUT2D eigenvalue weighted by Gasteiger charge is -2.30. The minimum absolute atomic E-state index is 0.198. The fraction of sp³-hybridized carbons (Fsp3) is 0.409. The van der Waals surface area contributed by atoms with E-state index in [-0.39, 0.29) is 5.91 Å². The standard InChI is InChI=1S/C22H28N2O2/c1-16-11-18(12-17(2)22(16)26-4)13-23(3)15-21(25)24-10-9-19-7-5-6-8-20(19)14-24/h5-8,11-12H,9-10,13-15H2,1-4H3. The molecule has 0 saturated heterocycles. The van der Waals surface area contributed by atoms with E-state index in [1.165, 1.54) is 16.7 Å². The maximum atomic E-state index is 12.7. The number of amides is 1. The Morgan fingerprint density at radius 3 is 2.46 bits per heavy atom. The van der Waals surface area contributed by atoms with Crippen molar-refractivity contribution in [1.29, 1.82) is 0 Å². The van der Waals surface area contributed by atoms with Crippen molar-refractivity contribution in [1.82, 2.24) is 9.80 Å². The molecule has 1 aliphatic heterocycles. The predicted molar refractivity (Wildman–Crippen MR) is 104 cm³/mol. The number of ether oxygens (including phenoxy) is 1. The van der Waals surface area contributed by atoms with Crippen molar-refractivity contribution in [2.24, 2.45) is 0 Å². The van der Waals surface area contributed by atoms with Crippen molar-refractivity contribution >= 4 is 5.91 Å². The monoisotopic (exact) mass is 352 g/mol. The van der Waals surface area contributed by atoms with Crippen LogP contribution in [0.4, 0.5) is 0 Å². The van der Waals surface area contributed by atoms with Gasteiger partial charge in [-0.25, -0.2) is 0 Å². The van der Waals surface area contributed by atoms with Gasteiger partial charge in [-0.2, -0.15) is 0 Å². The summed E-state index contributed by atoms with van der Waals surface area (Å²) in [6.45, 7) is 6.85. The fourth-order valence-corrected chi connectivity index (χ4v) is 3.86. The minimum atomic E-state index is 0.198. The van der Waals surface area contributed by atoms with Gasteiger partial charge in [0.25, 0.3) is 0 Å². The predicted octanol–water partition coefficient (Wildman–Crippen LogP) is 3.33. The number of hydrogen-bond acceptors (Lipinski definition) is 3. The van der Waals surface area contributed by atoms with E-state index in [0.717, 1.165) is 42.9 Å². The highest BCUT2D eigenvalue weighted by molar-refractivity contribution is 5.78. The molecule has 3 rings (SSSR count). The van der Waals surface area contributed by atoms with Crippen molar-refractivity contribution < 1.29 is 9.53 Å². The van der Waals surface area contributed by atoms with Crippen LogP contribution in [-0.2, 0) is 24.3 Å². The van der Waals surface area contributed by atoms with E-state index < -0.39 is 0 Å². The molecule has 0 N–H and O–H groups in total. The highest BCUT2D eigenvalue weighted by atomic mass is 16.5. The molecule has 2 aromatic carbocycles. The number of methoxy groups -OCH3 is 1. The molecular formula is C22H28N2O2. The summed E-state index contributed by atoms with van der Waals surface area (Å²) in [7, 11) is 3.71. The lowest BCUT2D eigenvalue weighted by atomic mass is 10.00. The molecule has 0 atom stereocenters. The normalized spacial score (nSPS) is 13.7. The molecule has 0 saturated carbocycles. The summed E-state index contributed by atoms with van der Waals surface area (Å²) in [5, 5.41) is 0. The van der Waals surface area contributed by atoms with Crippen LogP contribution in [0.2, 0.25) is 0 Å². The van der Waals surface area contributed by atoms with E-state index in [0.29, 0.717) is 6.54 Å².